The normalized spacial score (nSPS) is 13.9. The van der Waals surface area contributed by atoms with Crippen LogP contribution in [0.4, 0.5) is 0 Å². The minimum absolute atomic E-state index is 0.00525. The predicted octanol–water partition coefficient (Wildman–Crippen LogP) is 4.76. The van der Waals surface area contributed by atoms with Gasteiger partial charge in [-0.3, -0.25) is 14.4 Å². The summed E-state index contributed by atoms with van der Waals surface area (Å²) in [5, 5.41) is 5.69. The standard InChI is InChI=1S/C28H31N3O4S/c1-19-4-3-5-20(16-19)17-29-27(34)24-18-36-28(30-24)22-12-14-31(15-13-22)26(33)11-10-25(32)21-6-8-23(35-2)9-7-21/h3-9,16,18,22H,10-15,17H2,1-2H3,(H,29,34). The average Bonchev–Trinajstić information content (AvgIpc) is 3.41. The van der Waals surface area contributed by atoms with Gasteiger partial charge in [-0.1, -0.05) is 29.8 Å². The van der Waals surface area contributed by atoms with Gasteiger partial charge in [-0.25, -0.2) is 4.98 Å². The molecule has 0 unspecified atom stereocenters. The molecule has 1 N–H and O–H groups in total. The van der Waals surface area contributed by atoms with Crippen molar-refractivity contribution in [3.63, 3.8) is 0 Å². The van der Waals surface area contributed by atoms with Crippen molar-refractivity contribution >= 4 is 28.9 Å². The van der Waals surface area contributed by atoms with E-state index in [1.54, 1.807) is 31.4 Å². The fourth-order valence-corrected chi connectivity index (χ4v) is 5.32. The average molecular weight is 506 g/mol. The third-order valence-corrected chi connectivity index (χ3v) is 7.47. The molecule has 1 aliphatic rings. The highest BCUT2D eigenvalue weighted by Gasteiger charge is 2.26. The third kappa shape index (κ3) is 6.57. The number of rotatable bonds is 9. The Hall–Kier alpha value is -3.52. The third-order valence-electron chi connectivity index (χ3n) is 6.46. The van der Waals surface area contributed by atoms with Gasteiger partial charge in [0.2, 0.25) is 5.91 Å². The molecule has 1 aromatic heterocycles. The lowest BCUT2D eigenvalue weighted by Gasteiger charge is -2.31. The summed E-state index contributed by atoms with van der Waals surface area (Å²) in [4.78, 5) is 44.1. The maximum atomic E-state index is 12.7. The van der Waals surface area contributed by atoms with Crippen LogP contribution in [-0.2, 0) is 11.3 Å². The molecule has 8 heteroatoms. The van der Waals surface area contributed by atoms with E-state index < -0.39 is 0 Å². The molecule has 2 aromatic carbocycles. The van der Waals surface area contributed by atoms with Crippen molar-refractivity contribution in [1.82, 2.24) is 15.2 Å². The maximum absolute atomic E-state index is 12.7. The van der Waals surface area contributed by atoms with Gasteiger partial charge in [-0.2, -0.15) is 0 Å². The highest BCUT2D eigenvalue weighted by atomic mass is 32.1. The molecular formula is C28H31N3O4S. The molecule has 188 valence electrons. The van der Waals surface area contributed by atoms with Gasteiger partial charge in [0.05, 0.1) is 12.1 Å². The van der Waals surface area contributed by atoms with Crippen LogP contribution < -0.4 is 10.1 Å². The van der Waals surface area contributed by atoms with Gasteiger partial charge in [-0.15, -0.1) is 11.3 Å². The van der Waals surface area contributed by atoms with E-state index in [9.17, 15) is 14.4 Å². The quantitative estimate of drug-likeness (QED) is 0.424. The minimum atomic E-state index is -0.173. The Morgan fingerprint density at radius 2 is 1.83 bits per heavy atom. The van der Waals surface area contributed by atoms with Crippen LogP contribution in [0.5, 0.6) is 5.75 Å². The lowest BCUT2D eigenvalue weighted by atomic mass is 9.97. The van der Waals surface area contributed by atoms with Crippen molar-refractivity contribution in [3.05, 3.63) is 81.3 Å². The zero-order valence-electron chi connectivity index (χ0n) is 20.7. The number of aromatic nitrogens is 1. The molecule has 0 radical (unpaired) electrons. The number of likely N-dealkylation sites (tertiary alicyclic amines) is 1. The molecule has 0 bridgehead atoms. The molecule has 36 heavy (non-hydrogen) atoms. The molecule has 2 heterocycles. The molecule has 1 saturated heterocycles. The number of piperidine rings is 1. The van der Waals surface area contributed by atoms with Gasteiger partial charge < -0.3 is 15.0 Å². The van der Waals surface area contributed by atoms with E-state index in [0.29, 0.717) is 36.6 Å². The monoisotopic (exact) mass is 505 g/mol. The van der Waals surface area contributed by atoms with E-state index in [0.717, 1.165) is 29.0 Å². The lowest BCUT2D eigenvalue weighted by molar-refractivity contribution is -0.132. The van der Waals surface area contributed by atoms with Gasteiger partial charge in [0, 0.05) is 49.3 Å². The van der Waals surface area contributed by atoms with Crippen molar-refractivity contribution in [2.75, 3.05) is 20.2 Å². The second-order valence-electron chi connectivity index (χ2n) is 9.05. The van der Waals surface area contributed by atoms with Gasteiger partial charge in [0.1, 0.15) is 11.4 Å². The number of hydrogen-bond donors (Lipinski definition) is 1. The fourth-order valence-electron chi connectivity index (χ4n) is 4.35. The number of amides is 2. The van der Waals surface area contributed by atoms with E-state index >= 15 is 0 Å². The number of methoxy groups -OCH3 is 1. The number of ketones is 1. The number of thiazole rings is 1. The molecule has 3 aromatic rings. The summed E-state index contributed by atoms with van der Waals surface area (Å²) >= 11 is 1.50. The van der Waals surface area contributed by atoms with Crippen LogP contribution >= 0.6 is 11.3 Å². The molecule has 0 saturated carbocycles. The van der Waals surface area contributed by atoms with Crippen LogP contribution in [-0.4, -0.2) is 47.7 Å². The Kier molecular flexibility index (Phi) is 8.48. The molecule has 0 atom stereocenters. The Balaban J connectivity index is 1.22. The van der Waals surface area contributed by atoms with E-state index in [1.165, 1.54) is 11.3 Å². The first-order valence-electron chi connectivity index (χ1n) is 12.2. The van der Waals surface area contributed by atoms with Crippen molar-refractivity contribution in [3.8, 4) is 5.75 Å². The number of Topliss-reactive ketones (excluding diaryl/α,β-unsaturated/α-hetero) is 1. The Morgan fingerprint density at radius 1 is 1.08 bits per heavy atom. The number of ether oxygens (including phenoxy) is 1. The molecule has 1 aliphatic heterocycles. The van der Waals surface area contributed by atoms with Crippen LogP contribution in [0.15, 0.2) is 53.9 Å². The minimum Gasteiger partial charge on any atom is -0.497 e. The largest absolute Gasteiger partial charge is 0.497 e. The number of carbonyl (C=O) groups excluding carboxylic acids is 3. The van der Waals surface area contributed by atoms with E-state index in [1.807, 2.05) is 35.4 Å². The van der Waals surface area contributed by atoms with Gasteiger partial charge in [0.15, 0.2) is 5.78 Å². The molecule has 7 nitrogen and oxygen atoms in total. The second kappa shape index (κ2) is 11.9. The number of carbonyl (C=O) groups is 3. The molecular weight excluding hydrogens is 474 g/mol. The van der Waals surface area contributed by atoms with Crippen LogP contribution in [0.3, 0.4) is 0 Å². The Morgan fingerprint density at radius 3 is 2.53 bits per heavy atom. The van der Waals surface area contributed by atoms with Crippen molar-refractivity contribution in [2.24, 2.45) is 0 Å². The molecule has 0 aliphatic carbocycles. The first kappa shape index (κ1) is 25.6. The number of nitrogens with zero attached hydrogens (tertiary/aromatic N) is 2. The summed E-state index contributed by atoms with van der Waals surface area (Å²) in [5.74, 6) is 0.717. The molecule has 1 fully saturated rings. The zero-order valence-corrected chi connectivity index (χ0v) is 21.5. The Bertz CT molecular complexity index is 1210. The van der Waals surface area contributed by atoms with Crippen LogP contribution in [0.2, 0.25) is 0 Å². The Labute approximate surface area is 215 Å². The summed E-state index contributed by atoms with van der Waals surface area (Å²) in [6.45, 7) is 3.76. The number of hydrogen-bond acceptors (Lipinski definition) is 6. The topological polar surface area (TPSA) is 88.6 Å². The maximum Gasteiger partial charge on any atom is 0.271 e. The highest BCUT2D eigenvalue weighted by molar-refractivity contribution is 7.09. The van der Waals surface area contributed by atoms with Gasteiger partial charge in [-0.05, 0) is 49.6 Å². The second-order valence-corrected chi connectivity index (χ2v) is 9.94. The molecule has 2 amide bonds. The lowest BCUT2D eigenvalue weighted by Crippen LogP contribution is -2.38. The summed E-state index contributed by atoms with van der Waals surface area (Å²) in [6.07, 6.45) is 2.00. The van der Waals surface area contributed by atoms with Crippen molar-refractivity contribution in [1.29, 1.82) is 0 Å². The van der Waals surface area contributed by atoms with Crippen LogP contribution in [0.25, 0.3) is 0 Å². The number of benzene rings is 2. The molecule has 0 spiro atoms. The van der Waals surface area contributed by atoms with E-state index in [-0.39, 0.29) is 36.4 Å². The first-order valence-corrected chi connectivity index (χ1v) is 13.0. The van der Waals surface area contributed by atoms with Crippen LogP contribution in [0, 0.1) is 6.92 Å². The summed E-state index contributed by atoms with van der Waals surface area (Å²) in [5.41, 5.74) is 3.25. The number of nitrogens with one attached hydrogen (secondary N) is 1. The first-order chi connectivity index (χ1) is 17.4. The van der Waals surface area contributed by atoms with Gasteiger partial charge in [0.25, 0.3) is 5.91 Å². The highest BCUT2D eigenvalue weighted by Crippen LogP contribution is 2.30. The summed E-state index contributed by atoms with van der Waals surface area (Å²) in [7, 11) is 1.58. The fraction of sp³-hybridized carbons (Fsp3) is 0.357. The number of aryl methyl sites for hydroxylation is 1. The van der Waals surface area contributed by atoms with Crippen molar-refractivity contribution < 1.29 is 19.1 Å². The van der Waals surface area contributed by atoms with E-state index in [4.69, 9.17) is 4.74 Å². The van der Waals surface area contributed by atoms with Crippen molar-refractivity contribution in [2.45, 2.75) is 45.1 Å². The smallest absolute Gasteiger partial charge is 0.271 e. The van der Waals surface area contributed by atoms with Crippen LogP contribution in [0.1, 0.15) is 68.6 Å². The molecule has 4 rings (SSSR count). The summed E-state index contributed by atoms with van der Waals surface area (Å²) in [6, 6.07) is 15.0. The predicted molar refractivity (Wildman–Crippen MR) is 140 cm³/mol. The van der Waals surface area contributed by atoms with Gasteiger partial charge >= 0.3 is 0 Å². The SMILES string of the molecule is COc1ccc(C(=O)CCC(=O)N2CCC(c3nc(C(=O)NCc4cccc(C)c4)cs3)CC2)cc1. The van der Waals surface area contributed by atoms with E-state index in [2.05, 4.69) is 16.4 Å². The summed E-state index contributed by atoms with van der Waals surface area (Å²) < 4.78 is 5.12. The zero-order chi connectivity index (χ0) is 25.5.